The molecule has 20 heavy (non-hydrogen) atoms. The Labute approximate surface area is 123 Å². The quantitative estimate of drug-likeness (QED) is 0.902. The highest BCUT2D eigenvalue weighted by Gasteiger charge is 2.16. The second kappa shape index (κ2) is 6.57. The number of amides is 1. The summed E-state index contributed by atoms with van der Waals surface area (Å²) in [5.74, 6) is 0.772. The molecule has 1 aromatic carbocycles. The van der Waals surface area contributed by atoms with Gasteiger partial charge in [-0.25, -0.2) is 0 Å². The molecule has 1 amide bonds. The molecule has 0 bridgehead atoms. The maximum atomic E-state index is 12.1. The molecule has 1 heterocycles. The molecule has 2 rings (SSSR count). The molecule has 4 heteroatoms. The summed E-state index contributed by atoms with van der Waals surface area (Å²) in [5, 5.41) is 4.90. The van der Waals surface area contributed by atoms with E-state index in [1.165, 1.54) is 11.3 Å². The fourth-order valence-electron chi connectivity index (χ4n) is 1.95. The number of carbonyl (C=O) groups excluding carboxylic acids is 1. The van der Waals surface area contributed by atoms with Gasteiger partial charge in [-0.1, -0.05) is 24.3 Å². The van der Waals surface area contributed by atoms with Crippen LogP contribution in [0.15, 0.2) is 41.8 Å². The third-order valence-corrected chi connectivity index (χ3v) is 3.71. The molecule has 0 saturated carbocycles. The molecule has 0 radical (unpaired) electrons. The summed E-state index contributed by atoms with van der Waals surface area (Å²) < 4.78 is 5.79. The van der Waals surface area contributed by atoms with Crippen LogP contribution >= 0.6 is 11.3 Å². The Balaban J connectivity index is 2.13. The highest BCUT2D eigenvalue weighted by atomic mass is 32.1. The van der Waals surface area contributed by atoms with Gasteiger partial charge < -0.3 is 10.1 Å². The van der Waals surface area contributed by atoms with E-state index in [4.69, 9.17) is 4.74 Å². The van der Waals surface area contributed by atoms with E-state index in [0.717, 1.165) is 16.2 Å². The predicted molar refractivity (Wildman–Crippen MR) is 82.4 cm³/mol. The standard InChI is InChI=1S/C16H19NO2S/c1-11(2)19-14-8-5-4-7-13(14)12(3)17-16(18)15-9-6-10-20-15/h4-12H,1-3H3,(H,17,18)/t12-/m0/s1. The fourth-order valence-corrected chi connectivity index (χ4v) is 2.58. The van der Waals surface area contributed by atoms with Gasteiger partial charge in [0.1, 0.15) is 5.75 Å². The van der Waals surface area contributed by atoms with Crippen LogP contribution in [0.4, 0.5) is 0 Å². The van der Waals surface area contributed by atoms with Crippen molar-refractivity contribution < 1.29 is 9.53 Å². The molecule has 2 aromatic rings. The molecule has 0 fully saturated rings. The number of carbonyl (C=O) groups is 1. The number of ether oxygens (including phenoxy) is 1. The zero-order valence-electron chi connectivity index (χ0n) is 11.9. The van der Waals surface area contributed by atoms with E-state index in [9.17, 15) is 4.79 Å². The summed E-state index contributed by atoms with van der Waals surface area (Å²) in [6.45, 7) is 5.95. The predicted octanol–water partition coefficient (Wildman–Crippen LogP) is 4.03. The lowest BCUT2D eigenvalue weighted by Crippen LogP contribution is -2.26. The lowest BCUT2D eigenvalue weighted by atomic mass is 10.1. The highest BCUT2D eigenvalue weighted by Crippen LogP contribution is 2.26. The molecule has 1 aromatic heterocycles. The molecule has 3 nitrogen and oxygen atoms in total. The average molecular weight is 289 g/mol. The number of nitrogens with one attached hydrogen (secondary N) is 1. The highest BCUT2D eigenvalue weighted by molar-refractivity contribution is 7.12. The summed E-state index contributed by atoms with van der Waals surface area (Å²) >= 11 is 1.44. The Morgan fingerprint density at radius 3 is 2.55 bits per heavy atom. The van der Waals surface area contributed by atoms with Gasteiger partial charge in [0.15, 0.2) is 0 Å². The van der Waals surface area contributed by atoms with Gasteiger partial charge in [0.25, 0.3) is 5.91 Å². The summed E-state index contributed by atoms with van der Waals surface area (Å²) in [4.78, 5) is 12.8. The minimum absolute atomic E-state index is 0.0492. The molecule has 0 unspecified atom stereocenters. The zero-order valence-corrected chi connectivity index (χ0v) is 12.7. The van der Waals surface area contributed by atoms with Crippen LogP contribution in [0.1, 0.15) is 42.0 Å². The number of hydrogen-bond acceptors (Lipinski definition) is 3. The Hall–Kier alpha value is -1.81. The van der Waals surface area contributed by atoms with E-state index < -0.39 is 0 Å². The van der Waals surface area contributed by atoms with Gasteiger partial charge in [-0.15, -0.1) is 11.3 Å². The lowest BCUT2D eigenvalue weighted by Gasteiger charge is -2.19. The van der Waals surface area contributed by atoms with Crippen molar-refractivity contribution in [3.8, 4) is 5.75 Å². The summed E-state index contributed by atoms with van der Waals surface area (Å²) in [5.41, 5.74) is 0.992. The second-order valence-corrected chi connectivity index (χ2v) is 5.82. The number of thiophene rings is 1. The van der Waals surface area contributed by atoms with E-state index in [1.54, 1.807) is 0 Å². The molecule has 0 aliphatic carbocycles. The molecule has 106 valence electrons. The molecule has 1 N–H and O–H groups in total. The van der Waals surface area contributed by atoms with Crippen LogP contribution in [0.2, 0.25) is 0 Å². The number of rotatable bonds is 5. The molecule has 0 aliphatic heterocycles. The molecule has 0 saturated heterocycles. The van der Waals surface area contributed by atoms with Gasteiger partial charge >= 0.3 is 0 Å². The summed E-state index contributed by atoms with van der Waals surface area (Å²) in [6, 6.07) is 11.4. The topological polar surface area (TPSA) is 38.3 Å². The van der Waals surface area contributed by atoms with Gasteiger partial charge in [-0.2, -0.15) is 0 Å². The molecule has 1 atom stereocenters. The normalized spacial score (nSPS) is 12.2. The van der Waals surface area contributed by atoms with Gasteiger partial charge in [-0.3, -0.25) is 4.79 Å². The molecule has 0 spiro atoms. The van der Waals surface area contributed by atoms with Crippen LogP contribution in [-0.2, 0) is 0 Å². The zero-order chi connectivity index (χ0) is 14.5. The lowest BCUT2D eigenvalue weighted by molar-refractivity contribution is 0.0943. The van der Waals surface area contributed by atoms with Gasteiger partial charge in [-0.05, 0) is 38.3 Å². The minimum Gasteiger partial charge on any atom is -0.491 e. The average Bonchev–Trinajstić information content (AvgIpc) is 2.92. The van der Waals surface area contributed by atoms with Crippen LogP contribution in [-0.4, -0.2) is 12.0 Å². The van der Waals surface area contributed by atoms with Crippen molar-refractivity contribution >= 4 is 17.2 Å². The largest absolute Gasteiger partial charge is 0.491 e. The molecular formula is C16H19NO2S. The first-order valence-electron chi connectivity index (χ1n) is 6.68. The summed E-state index contributed by atoms with van der Waals surface area (Å²) in [7, 11) is 0. The van der Waals surface area contributed by atoms with Crippen molar-refractivity contribution in [3.05, 3.63) is 52.2 Å². The SMILES string of the molecule is CC(C)Oc1ccccc1[C@H](C)NC(=O)c1cccs1. The summed E-state index contributed by atoms with van der Waals surface area (Å²) in [6.07, 6.45) is 0.108. The first-order valence-corrected chi connectivity index (χ1v) is 7.56. The van der Waals surface area contributed by atoms with Crippen molar-refractivity contribution in [2.75, 3.05) is 0 Å². The van der Waals surface area contributed by atoms with Crippen LogP contribution in [0.3, 0.4) is 0 Å². The van der Waals surface area contributed by atoms with Crippen molar-refractivity contribution in [1.29, 1.82) is 0 Å². The van der Waals surface area contributed by atoms with Crippen LogP contribution < -0.4 is 10.1 Å². The fraction of sp³-hybridized carbons (Fsp3) is 0.312. The first kappa shape index (κ1) is 14.6. The van der Waals surface area contributed by atoms with Crippen molar-refractivity contribution in [1.82, 2.24) is 5.32 Å². The third kappa shape index (κ3) is 3.61. The van der Waals surface area contributed by atoms with E-state index in [0.29, 0.717) is 0 Å². The maximum Gasteiger partial charge on any atom is 0.261 e. The third-order valence-electron chi connectivity index (χ3n) is 2.84. The van der Waals surface area contributed by atoms with Crippen LogP contribution in [0.25, 0.3) is 0 Å². The first-order chi connectivity index (χ1) is 9.58. The van der Waals surface area contributed by atoms with E-state index >= 15 is 0 Å². The second-order valence-electron chi connectivity index (χ2n) is 4.88. The number of para-hydroxylation sites is 1. The van der Waals surface area contributed by atoms with Crippen molar-refractivity contribution in [2.24, 2.45) is 0 Å². The van der Waals surface area contributed by atoms with Crippen molar-refractivity contribution in [2.45, 2.75) is 32.9 Å². The smallest absolute Gasteiger partial charge is 0.261 e. The van der Waals surface area contributed by atoms with Crippen LogP contribution in [0, 0.1) is 0 Å². The Morgan fingerprint density at radius 1 is 1.15 bits per heavy atom. The van der Waals surface area contributed by atoms with E-state index in [1.807, 2.05) is 62.5 Å². The number of hydrogen-bond donors (Lipinski definition) is 1. The number of benzene rings is 1. The van der Waals surface area contributed by atoms with E-state index in [2.05, 4.69) is 5.32 Å². The Morgan fingerprint density at radius 2 is 1.90 bits per heavy atom. The van der Waals surface area contributed by atoms with Gasteiger partial charge in [0.05, 0.1) is 17.0 Å². The van der Waals surface area contributed by atoms with Gasteiger partial charge in [0, 0.05) is 5.56 Å². The van der Waals surface area contributed by atoms with Gasteiger partial charge in [0.2, 0.25) is 0 Å². The minimum atomic E-state index is -0.0976. The van der Waals surface area contributed by atoms with Crippen molar-refractivity contribution in [3.63, 3.8) is 0 Å². The molecular weight excluding hydrogens is 270 g/mol. The Kier molecular flexibility index (Phi) is 4.79. The molecule has 0 aliphatic rings. The monoisotopic (exact) mass is 289 g/mol. The van der Waals surface area contributed by atoms with E-state index in [-0.39, 0.29) is 18.1 Å². The Bertz CT molecular complexity index is 564. The maximum absolute atomic E-state index is 12.1. The van der Waals surface area contributed by atoms with Crippen LogP contribution in [0.5, 0.6) is 5.75 Å².